The minimum absolute atomic E-state index is 0.202. The highest BCUT2D eigenvalue weighted by Crippen LogP contribution is 2.28. The van der Waals surface area contributed by atoms with Crippen LogP contribution in [0, 0.1) is 0 Å². The van der Waals surface area contributed by atoms with E-state index in [1.807, 2.05) is 0 Å². The number of nitrogens with one attached hydrogen (secondary N) is 1. The van der Waals surface area contributed by atoms with Crippen LogP contribution in [0.15, 0.2) is 24.3 Å². The van der Waals surface area contributed by atoms with Gasteiger partial charge in [-0.3, -0.25) is 24.0 Å². The van der Waals surface area contributed by atoms with Crippen LogP contribution in [-0.2, 0) is 42.9 Å². The first kappa shape index (κ1) is 26.1. The van der Waals surface area contributed by atoms with E-state index in [1.165, 1.54) is 24.3 Å². The molecule has 0 aliphatic carbocycles. The molecule has 0 saturated carbocycles. The van der Waals surface area contributed by atoms with Gasteiger partial charge in [-0.15, -0.1) is 0 Å². The zero-order chi connectivity index (χ0) is 24.7. The van der Waals surface area contributed by atoms with E-state index in [9.17, 15) is 24.0 Å². The Morgan fingerprint density at radius 1 is 0.848 bits per heavy atom. The molecule has 0 unspecified atom stereocenters. The van der Waals surface area contributed by atoms with Gasteiger partial charge < -0.3 is 29.0 Å². The van der Waals surface area contributed by atoms with Crippen LogP contribution in [0.4, 0.5) is 0 Å². The number of ether oxygens (including phenoxy) is 5. The summed E-state index contributed by atoms with van der Waals surface area (Å²) in [4.78, 5) is 59.5. The molecule has 1 heterocycles. The lowest BCUT2D eigenvalue weighted by molar-refractivity contribution is -0.270. The maximum atomic E-state index is 12.8. The molecule has 33 heavy (non-hydrogen) atoms. The van der Waals surface area contributed by atoms with Crippen LogP contribution in [0.3, 0.4) is 0 Å². The van der Waals surface area contributed by atoms with E-state index in [4.69, 9.17) is 35.3 Å². The second-order valence-electron chi connectivity index (χ2n) is 7.11. The van der Waals surface area contributed by atoms with E-state index >= 15 is 0 Å². The molecule has 1 aliphatic rings. The van der Waals surface area contributed by atoms with Crippen molar-refractivity contribution in [1.82, 2.24) is 5.32 Å². The molecule has 1 N–H and O–H groups in total. The predicted molar refractivity (Wildman–Crippen MR) is 111 cm³/mol. The van der Waals surface area contributed by atoms with Gasteiger partial charge in [-0.1, -0.05) is 11.6 Å². The Hall–Kier alpha value is -3.18. The van der Waals surface area contributed by atoms with E-state index in [2.05, 4.69) is 5.32 Å². The van der Waals surface area contributed by atoms with Crippen LogP contribution in [0.2, 0.25) is 5.02 Å². The highest BCUT2D eigenvalue weighted by atomic mass is 35.5. The summed E-state index contributed by atoms with van der Waals surface area (Å²) >= 11 is 5.85. The first-order valence-electron chi connectivity index (χ1n) is 9.84. The quantitative estimate of drug-likeness (QED) is 0.441. The minimum Gasteiger partial charge on any atom is -0.463 e. The standard InChI is InChI=1S/C21H24ClNO10/c1-10(24)29-9-16-18(30-11(2)25)19(31-12(3)26)17(21(33-16)32-13(4)27)23-20(28)14-5-7-15(22)8-6-14/h5-8,16-19,21H,9H2,1-4H3,(H,23,28)/t16-,17+,18+,19-,21-/m0/s1. The van der Waals surface area contributed by atoms with Gasteiger partial charge in [0, 0.05) is 38.3 Å². The molecule has 1 saturated heterocycles. The van der Waals surface area contributed by atoms with Gasteiger partial charge in [0.05, 0.1) is 0 Å². The second-order valence-corrected chi connectivity index (χ2v) is 7.55. The van der Waals surface area contributed by atoms with Crippen molar-refractivity contribution in [1.29, 1.82) is 0 Å². The summed E-state index contributed by atoms with van der Waals surface area (Å²) in [6.07, 6.45) is -5.28. The van der Waals surface area contributed by atoms with Crippen molar-refractivity contribution in [3.8, 4) is 0 Å². The smallest absolute Gasteiger partial charge is 0.305 e. The van der Waals surface area contributed by atoms with Gasteiger partial charge in [0.1, 0.15) is 18.8 Å². The predicted octanol–water partition coefficient (Wildman–Crippen LogP) is 1.15. The third-order valence-electron chi connectivity index (χ3n) is 4.39. The molecule has 1 amide bonds. The normalized spacial score (nSPS) is 24.2. The molecule has 1 aliphatic heterocycles. The Bertz CT molecular complexity index is 903. The Balaban J connectivity index is 2.44. The van der Waals surface area contributed by atoms with E-state index in [0.29, 0.717) is 5.02 Å². The maximum absolute atomic E-state index is 12.8. The summed E-state index contributed by atoms with van der Waals surface area (Å²) < 4.78 is 26.5. The number of rotatable bonds is 7. The zero-order valence-electron chi connectivity index (χ0n) is 18.4. The van der Waals surface area contributed by atoms with E-state index < -0.39 is 67.0 Å². The monoisotopic (exact) mass is 485 g/mol. The van der Waals surface area contributed by atoms with Gasteiger partial charge in [-0.05, 0) is 24.3 Å². The summed E-state index contributed by atoms with van der Waals surface area (Å²) in [6.45, 7) is 4.10. The highest BCUT2D eigenvalue weighted by molar-refractivity contribution is 6.30. The molecule has 12 heteroatoms. The second kappa shape index (κ2) is 11.6. The average molecular weight is 486 g/mol. The lowest BCUT2D eigenvalue weighted by Crippen LogP contribution is -2.67. The van der Waals surface area contributed by atoms with Gasteiger partial charge in [0.15, 0.2) is 12.2 Å². The fourth-order valence-electron chi connectivity index (χ4n) is 3.16. The Morgan fingerprint density at radius 3 is 1.91 bits per heavy atom. The van der Waals surface area contributed by atoms with Crippen LogP contribution >= 0.6 is 11.6 Å². The number of amides is 1. The number of esters is 4. The molecule has 1 fully saturated rings. The van der Waals surface area contributed by atoms with E-state index in [-0.39, 0.29) is 5.56 Å². The van der Waals surface area contributed by atoms with Crippen LogP contribution in [0.25, 0.3) is 0 Å². The van der Waals surface area contributed by atoms with Crippen LogP contribution in [0.5, 0.6) is 0 Å². The Labute approximate surface area is 194 Å². The Kier molecular flexibility index (Phi) is 9.18. The summed E-state index contributed by atoms with van der Waals surface area (Å²) in [7, 11) is 0. The molecule has 0 spiro atoms. The summed E-state index contributed by atoms with van der Waals surface area (Å²) in [5.41, 5.74) is 0.202. The molecule has 2 rings (SSSR count). The fourth-order valence-corrected chi connectivity index (χ4v) is 3.28. The van der Waals surface area contributed by atoms with Gasteiger partial charge in [0.25, 0.3) is 5.91 Å². The molecule has 180 valence electrons. The SMILES string of the molecule is CC(=O)OC[C@@H]1O[C@H](OC(C)=O)[C@H](NC(=O)c2ccc(Cl)cc2)[C@H](OC(C)=O)[C@@H]1OC(C)=O. The lowest BCUT2D eigenvalue weighted by atomic mass is 9.95. The summed E-state index contributed by atoms with van der Waals surface area (Å²) in [5.74, 6) is -3.55. The van der Waals surface area contributed by atoms with E-state index in [0.717, 1.165) is 27.7 Å². The zero-order valence-corrected chi connectivity index (χ0v) is 19.1. The highest BCUT2D eigenvalue weighted by Gasteiger charge is 2.52. The average Bonchev–Trinajstić information content (AvgIpc) is 2.70. The summed E-state index contributed by atoms with van der Waals surface area (Å²) in [6, 6.07) is 4.63. The number of hydrogen-bond donors (Lipinski definition) is 1. The summed E-state index contributed by atoms with van der Waals surface area (Å²) in [5, 5.41) is 3.00. The van der Waals surface area contributed by atoms with Crippen LogP contribution in [-0.4, -0.2) is 67.0 Å². The van der Waals surface area contributed by atoms with Crippen LogP contribution in [0.1, 0.15) is 38.1 Å². The molecule has 5 atom stereocenters. The van der Waals surface area contributed by atoms with Crippen molar-refractivity contribution in [3.05, 3.63) is 34.9 Å². The van der Waals surface area contributed by atoms with Gasteiger partial charge in [-0.25, -0.2) is 0 Å². The largest absolute Gasteiger partial charge is 0.463 e. The van der Waals surface area contributed by atoms with Gasteiger partial charge >= 0.3 is 23.9 Å². The number of carbonyl (C=O) groups is 5. The number of carbonyl (C=O) groups excluding carboxylic acids is 5. The third-order valence-corrected chi connectivity index (χ3v) is 4.64. The molecule has 1 aromatic rings. The van der Waals surface area contributed by atoms with Crippen LogP contribution < -0.4 is 5.32 Å². The van der Waals surface area contributed by atoms with Crippen molar-refractivity contribution < 1.29 is 47.7 Å². The van der Waals surface area contributed by atoms with Crippen molar-refractivity contribution in [2.24, 2.45) is 0 Å². The topological polar surface area (TPSA) is 144 Å². The van der Waals surface area contributed by atoms with Crippen molar-refractivity contribution in [2.75, 3.05) is 6.61 Å². The number of benzene rings is 1. The van der Waals surface area contributed by atoms with E-state index in [1.54, 1.807) is 0 Å². The first-order chi connectivity index (χ1) is 15.5. The molecule has 0 radical (unpaired) electrons. The molecular formula is C21H24ClNO10. The van der Waals surface area contributed by atoms with Gasteiger partial charge in [0.2, 0.25) is 6.29 Å². The minimum atomic E-state index is -1.46. The maximum Gasteiger partial charge on any atom is 0.305 e. The first-order valence-corrected chi connectivity index (χ1v) is 10.2. The molecule has 11 nitrogen and oxygen atoms in total. The fraction of sp³-hybridized carbons (Fsp3) is 0.476. The molecular weight excluding hydrogens is 462 g/mol. The number of hydrogen-bond acceptors (Lipinski definition) is 10. The molecule has 1 aromatic carbocycles. The van der Waals surface area contributed by atoms with Crippen molar-refractivity contribution in [3.63, 3.8) is 0 Å². The Morgan fingerprint density at radius 2 is 1.39 bits per heavy atom. The molecule has 0 aromatic heterocycles. The third kappa shape index (κ3) is 7.72. The van der Waals surface area contributed by atoms with Crippen molar-refractivity contribution in [2.45, 2.75) is 58.3 Å². The van der Waals surface area contributed by atoms with Crippen molar-refractivity contribution >= 4 is 41.4 Å². The molecule has 0 bridgehead atoms. The number of halogens is 1. The van der Waals surface area contributed by atoms with Gasteiger partial charge in [-0.2, -0.15) is 0 Å². The lowest BCUT2D eigenvalue weighted by Gasteiger charge is -2.44.